The molecule has 4 nitrogen and oxygen atoms in total. The third-order valence-corrected chi connectivity index (χ3v) is 3.26. The summed E-state index contributed by atoms with van der Waals surface area (Å²) in [5.74, 6) is -0.000508. The first-order valence-corrected chi connectivity index (χ1v) is 6.07. The molecular weight excluding hydrogens is 240 g/mol. The monoisotopic (exact) mass is 254 g/mol. The molecule has 0 aliphatic carbocycles. The summed E-state index contributed by atoms with van der Waals surface area (Å²) in [4.78, 5) is 15.2. The molecule has 3 rings (SSSR count). The van der Waals surface area contributed by atoms with E-state index in [1.165, 1.54) is 0 Å². The van der Waals surface area contributed by atoms with Gasteiger partial charge in [0.2, 0.25) is 0 Å². The third kappa shape index (κ3) is 1.91. The van der Waals surface area contributed by atoms with E-state index in [2.05, 4.69) is 10.3 Å². The second kappa shape index (κ2) is 4.02. The predicted molar refractivity (Wildman–Crippen MR) is 74.9 cm³/mol. The summed E-state index contributed by atoms with van der Waals surface area (Å²) in [5.41, 5.74) is 5.17. The van der Waals surface area contributed by atoms with Crippen LogP contribution in [-0.2, 0) is 4.79 Å². The van der Waals surface area contributed by atoms with Crippen LogP contribution in [0.2, 0.25) is 0 Å². The number of carbonyl (C=O) groups excluding carboxylic acids is 1. The Kier molecular flexibility index (Phi) is 2.45. The minimum Gasteiger partial charge on any atom is -0.508 e. The molecule has 1 aliphatic heterocycles. The number of amides is 1. The van der Waals surface area contributed by atoms with Gasteiger partial charge in [-0.25, -0.2) is 0 Å². The highest BCUT2D eigenvalue weighted by molar-refractivity contribution is 6.34. The van der Waals surface area contributed by atoms with Crippen LogP contribution in [0.5, 0.6) is 5.75 Å². The van der Waals surface area contributed by atoms with Crippen molar-refractivity contribution in [3.05, 3.63) is 46.8 Å². The van der Waals surface area contributed by atoms with Crippen molar-refractivity contribution in [2.24, 2.45) is 0 Å². The lowest BCUT2D eigenvalue weighted by Crippen LogP contribution is -2.03. The Bertz CT molecular complexity index is 711. The fraction of sp³-hybridized carbons (Fsp3) is 0.133. The first-order valence-electron chi connectivity index (χ1n) is 6.07. The van der Waals surface area contributed by atoms with Crippen molar-refractivity contribution < 1.29 is 9.90 Å². The summed E-state index contributed by atoms with van der Waals surface area (Å²) >= 11 is 0. The number of aryl methyl sites for hydroxylation is 2. The maximum Gasteiger partial charge on any atom is 0.256 e. The minimum absolute atomic E-state index is 0.146. The number of nitrogens with one attached hydrogen (secondary N) is 2. The van der Waals surface area contributed by atoms with Crippen molar-refractivity contribution in [1.82, 2.24) is 4.98 Å². The third-order valence-electron chi connectivity index (χ3n) is 3.26. The van der Waals surface area contributed by atoms with E-state index in [4.69, 9.17) is 0 Å². The van der Waals surface area contributed by atoms with E-state index in [-0.39, 0.29) is 11.7 Å². The lowest BCUT2D eigenvalue weighted by atomic mass is 10.1. The van der Waals surface area contributed by atoms with Crippen molar-refractivity contribution >= 4 is 23.2 Å². The van der Waals surface area contributed by atoms with Gasteiger partial charge in [0.15, 0.2) is 0 Å². The maximum absolute atomic E-state index is 12.0. The molecule has 0 fully saturated rings. The fourth-order valence-corrected chi connectivity index (χ4v) is 2.37. The number of anilines is 1. The molecule has 0 saturated heterocycles. The van der Waals surface area contributed by atoms with Crippen LogP contribution < -0.4 is 5.32 Å². The molecule has 1 aromatic heterocycles. The van der Waals surface area contributed by atoms with E-state index >= 15 is 0 Å². The molecule has 1 aromatic carbocycles. The number of carbonyl (C=O) groups is 1. The normalized spacial score (nSPS) is 15.7. The Balaban J connectivity index is 2.12. The van der Waals surface area contributed by atoms with Gasteiger partial charge < -0.3 is 15.4 Å². The number of aromatic amines is 1. The molecule has 96 valence electrons. The smallest absolute Gasteiger partial charge is 0.256 e. The summed E-state index contributed by atoms with van der Waals surface area (Å²) in [5, 5.41) is 12.2. The van der Waals surface area contributed by atoms with Crippen molar-refractivity contribution in [2.75, 3.05) is 5.32 Å². The van der Waals surface area contributed by atoms with E-state index in [9.17, 15) is 9.90 Å². The van der Waals surface area contributed by atoms with Crippen molar-refractivity contribution in [2.45, 2.75) is 13.8 Å². The molecule has 0 unspecified atom stereocenters. The largest absolute Gasteiger partial charge is 0.508 e. The summed E-state index contributed by atoms with van der Waals surface area (Å²) < 4.78 is 0. The topological polar surface area (TPSA) is 65.1 Å². The average molecular weight is 254 g/mol. The number of phenolic OH excluding ortho intramolecular Hbond substituents is 1. The van der Waals surface area contributed by atoms with E-state index in [0.29, 0.717) is 11.3 Å². The number of fused-ring (bicyclic) bond motifs is 1. The Morgan fingerprint density at radius 1 is 1.21 bits per heavy atom. The molecule has 0 saturated carbocycles. The van der Waals surface area contributed by atoms with E-state index in [0.717, 1.165) is 22.5 Å². The number of phenols is 1. The zero-order chi connectivity index (χ0) is 13.6. The first kappa shape index (κ1) is 11.6. The van der Waals surface area contributed by atoms with Crippen LogP contribution in [0, 0.1) is 13.8 Å². The van der Waals surface area contributed by atoms with Gasteiger partial charge in [-0.05, 0) is 43.7 Å². The summed E-state index contributed by atoms with van der Waals surface area (Å²) in [7, 11) is 0. The van der Waals surface area contributed by atoms with Crippen LogP contribution >= 0.6 is 0 Å². The lowest BCUT2D eigenvalue weighted by Gasteiger charge is -1.99. The Hall–Kier alpha value is -2.49. The van der Waals surface area contributed by atoms with Crippen LogP contribution in [0.4, 0.5) is 5.69 Å². The van der Waals surface area contributed by atoms with Gasteiger partial charge in [-0.15, -0.1) is 0 Å². The van der Waals surface area contributed by atoms with Gasteiger partial charge in [-0.3, -0.25) is 4.79 Å². The van der Waals surface area contributed by atoms with Crippen molar-refractivity contribution in [1.29, 1.82) is 0 Å². The predicted octanol–water partition coefficient (Wildman–Crippen LogP) is 2.83. The molecule has 3 N–H and O–H groups in total. The molecule has 0 radical (unpaired) electrons. The van der Waals surface area contributed by atoms with Crippen LogP contribution in [-0.4, -0.2) is 16.0 Å². The zero-order valence-corrected chi connectivity index (χ0v) is 10.7. The molecular formula is C15H14N2O2. The molecule has 4 heteroatoms. The second-order valence-corrected chi connectivity index (χ2v) is 4.79. The van der Waals surface area contributed by atoms with E-state index < -0.39 is 0 Å². The van der Waals surface area contributed by atoms with Gasteiger partial charge >= 0.3 is 0 Å². The Morgan fingerprint density at radius 2 is 2.00 bits per heavy atom. The van der Waals surface area contributed by atoms with E-state index in [1.54, 1.807) is 18.2 Å². The van der Waals surface area contributed by atoms with Crippen molar-refractivity contribution in [3.63, 3.8) is 0 Å². The molecule has 2 heterocycles. The summed E-state index contributed by atoms with van der Waals surface area (Å²) in [6, 6.07) is 6.93. The zero-order valence-electron chi connectivity index (χ0n) is 10.7. The maximum atomic E-state index is 12.0. The number of benzene rings is 1. The van der Waals surface area contributed by atoms with Gasteiger partial charge in [-0.1, -0.05) is 0 Å². The highest BCUT2D eigenvalue weighted by Crippen LogP contribution is 2.35. The Labute approximate surface area is 110 Å². The van der Waals surface area contributed by atoms with E-state index in [1.807, 2.05) is 26.0 Å². The number of aromatic nitrogens is 1. The van der Waals surface area contributed by atoms with Gasteiger partial charge in [0.1, 0.15) is 5.75 Å². The van der Waals surface area contributed by atoms with Gasteiger partial charge in [-0.2, -0.15) is 0 Å². The molecule has 0 spiro atoms. The first-order chi connectivity index (χ1) is 9.04. The SMILES string of the molecule is Cc1cc(C)c(/C=C2\C(=O)Nc3cc(O)ccc32)[nH]1. The number of hydrogen-bond donors (Lipinski definition) is 3. The Morgan fingerprint density at radius 3 is 2.68 bits per heavy atom. The molecule has 0 bridgehead atoms. The molecule has 0 atom stereocenters. The van der Waals surface area contributed by atoms with Crippen LogP contribution in [0.25, 0.3) is 11.6 Å². The lowest BCUT2D eigenvalue weighted by molar-refractivity contribution is -0.110. The van der Waals surface area contributed by atoms with Crippen LogP contribution in [0.15, 0.2) is 24.3 Å². The average Bonchev–Trinajstić information content (AvgIpc) is 2.80. The molecule has 19 heavy (non-hydrogen) atoms. The highest BCUT2D eigenvalue weighted by atomic mass is 16.3. The molecule has 2 aromatic rings. The number of aromatic hydroxyl groups is 1. The summed E-state index contributed by atoms with van der Waals surface area (Å²) in [6.07, 6.45) is 1.85. The highest BCUT2D eigenvalue weighted by Gasteiger charge is 2.24. The van der Waals surface area contributed by atoms with Crippen LogP contribution in [0.1, 0.15) is 22.5 Å². The second-order valence-electron chi connectivity index (χ2n) is 4.79. The van der Waals surface area contributed by atoms with Gasteiger partial charge in [0, 0.05) is 23.0 Å². The standard InChI is InChI=1S/C15H14N2O2/c1-8-5-9(2)16-13(8)7-12-11-4-3-10(18)6-14(11)17-15(12)19/h3-7,16,18H,1-2H3,(H,17,19)/b12-7-. The van der Waals surface area contributed by atoms with Crippen LogP contribution in [0.3, 0.4) is 0 Å². The van der Waals surface area contributed by atoms with Gasteiger partial charge in [0.25, 0.3) is 5.91 Å². The summed E-state index contributed by atoms with van der Waals surface area (Å²) in [6.45, 7) is 3.98. The van der Waals surface area contributed by atoms with Crippen molar-refractivity contribution in [3.8, 4) is 5.75 Å². The molecule has 1 amide bonds. The quantitative estimate of drug-likeness (QED) is 0.685. The fourth-order valence-electron chi connectivity index (χ4n) is 2.37. The molecule has 1 aliphatic rings. The number of H-pyrrole nitrogens is 1. The van der Waals surface area contributed by atoms with Gasteiger partial charge in [0.05, 0.1) is 11.3 Å². The number of rotatable bonds is 1. The number of hydrogen-bond acceptors (Lipinski definition) is 2. The minimum atomic E-state index is -0.146.